The molecular weight excluding hydrogens is 264 g/mol. The molecule has 0 aromatic carbocycles. The van der Waals surface area contributed by atoms with Crippen molar-refractivity contribution in [3.63, 3.8) is 0 Å². The molecule has 1 rings (SSSR count). The van der Waals surface area contributed by atoms with Crippen LogP contribution in [0.2, 0.25) is 0 Å². The molecule has 0 fully saturated rings. The molecule has 5 heteroatoms. The Morgan fingerprint density at radius 1 is 1.10 bits per heavy atom. The second kappa shape index (κ2) is 6.96. The maximum absolute atomic E-state index is 6.16. The molecule has 120 valence electrons. The fourth-order valence-electron chi connectivity index (χ4n) is 1.58. The van der Waals surface area contributed by atoms with Crippen LogP contribution in [0.25, 0.3) is 0 Å². The van der Waals surface area contributed by atoms with E-state index in [4.69, 9.17) is 10.5 Å². The lowest BCUT2D eigenvalue weighted by molar-refractivity contribution is 0.260. The highest BCUT2D eigenvalue weighted by Crippen LogP contribution is 2.30. The summed E-state index contributed by atoms with van der Waals surface area (Å²) in [5.74, 6) is 2.82. The average molecular weight is 294 g/mol. The van der Waals surface area contributed by atoms with Gasteiger partial charge in [0.05, 0.1) is 6.61 Å². The largest absolute Gasteiger partial charge is 0.476 e. The lowest BCUT2D eigenvalue weighted by Gasteiger charge is -2.21. The van der Waals surface area contributed by atoms with Crippen molar-refractivity contribution in [1.29, 1.82) is 0 Å². The number of hydrogen-bond donors (Lipinski definition) is 2. The van der Waals surface area contributed by atoms with E-state index in [1.807, 2.05) is 0 Å². The summed E-state index contributed by atoms with van der Waals surface area (Å²) < 4.78 is 5.77. The van der Waals surface area contributed by atoms with Crippen LogP contribution >= 0.6 is 0 Å². The molecule has 0 aliphatic carbocycles. The number of ether oxygens (including phenoxy) is 1. The van der Waals surface area contributed by atoms with Crippen LogP contribution < -0.4 is 15.8 Å². The number of nitrogens with zero attached hydrogens (tertiary/aromatic N) is 2. The first-order chi connectivity index (χ1) is 9.61. The molecule has 0 saturated carbocycles. The zero-order valence-electron chi connectivity index (χ0n) is 14.4. The predicted octanol–water partition coefficient (Wildman–Crippen LogP) is 3.46. The second-order valence-corrected chi connectivity index (χ2v) is 7.34. The van der Waals surface area contributed by atoms with Crippen molar-refractivity contribution in [2.75, 3.05) is 24.2 Å². The summed E-state index contributed by atoms with van der Waals surface area (Å²) in [6.07, 6.45) is 0. The van der Waals surface area contributed by atoms with E-state index in [9.17, 15) is 0 Å². The van der Waals surface area contributed by atoms with Crippen LogP contribution in [0.4, 0.5) is 11.5 Å². The van der Waals surface area contributed by atoms with E-state index in [1.165, 1.54) is 0 Å². The van der Waals surface area contributed by atoms with Crippen LogP contribution in [0.3, 0.4) is 0 Å². The molecule has 0 spiro atoms. The van der Waals surface area contributed by atoms with Crippen molar-refractivity contribution < 1.29 is 4.74 Å². The Hall–Kier alpha value is -1.52. The van der Waals surface area contributed by atoms with Gasteiger partial charge in [0.25, 0.3) is 0 Å². The van der Waals surface area contributed by atoms with Gasteiger partial charge in [0, 0.05) is 12.0 Å². The van der Waals surface area contributed by atoms with Gasteiger partial charge in [-0.3, -0.25) is 0 Å². The molecule has 0 saturated heterocycles. The third-order valence-corrected chi connectivity index (χ3v) is 2.81. The van der Waals surface area contributed by atoms with Crippen molar-refractivity contribution in [2.24, 2.45) is 11.8 Å². The number of aromatic nitrogens is 2. The van der Waals surface area contributed by atoms with Gasteiger partial charge in [0.2, 0.25) is 5.88 Å². The number of hydrogen-bond acceptors (Lipinski definition) is 5. The van der Waals surface area contributed by atoms with E-state index in [2.05, 4.69) is 63.8 Å². The summed E-state index contributed by atoms with van der Waals surface area (Å²) in [5.41, 5.74) is 6.49. The van der Waals surface area contributed by atoms with Crippen LogP contribution in [0, 0.1) is 11.8 Å². The fraction of sp³-hybridized carbons (Fsp3) is 0.750. The zero-order valence-corrected chi connectivity index (χ0v) is 14.4. The Morgan fingerprint density at radius 2 is 1.71 bits per heavy atom. The van der Waals surface area contributed by atoms with E-state index < -0.39 is 0 Å². The molecule has 0 aliphatic heterocycles. The van der Waals surface area contributed by atoms with Crippen molar-refractivity contribution in [1.82, 2.24) is 9.97 Å². The molecule has 0 aliphatic rings. The molecule has 21 heavy (non-hydrogen) atoms. The molecule has 1 heterocycles. The van der Waals surface area contributed by atoms with Crippen LogP contribution in [0.15, 0.2) is 0 Å². The molecular formula is C16H30N4O. The summed E-state index contributed by atoms with van der Waals surface area (Å²) >= 11 is 0. The minimum Gasteiger partial charge on any atom is -0.476 e. The highest BCUT2D eigenvalue weighted by molar-refractivity contribution is 5.67. The Balaban J connectivity index is 3.13. The Morgan fingerprint density at radius 3 is 2.19 bits per heavy atom. The van der Waals surface area contributed by atoms with Crippen molar-refractivity contribution in [3.05, 3.63) is 5.82 Å². The van der Waals surface area contributed by atoms with Gasteiger partial charge < -0.3 is 15.8 Å². The van der Waals surface area contributed by atoms with Gasteiger partial charge in [0.1, 0.15) is 11.5 Å². The summed E-state index contributed by atoms with van der Waals surface area (Å²) in [7, 11) is 0. The third kappa shape index (κ3) is 5.40. The van der Waals surface area contributed by atoms with Gasteiger partial charge in [-0.25, -0.2) is 4.98 Å². The third-order valence-electron chi connectivity index (χ3n) is 2.81. The molecule has 0 amide bonds. The van der Waals surface area contributed by atoms with E-state index in [0.717, 1.165) is 12.4 Å². The van der Waals surface area contributed by atoms with Gasteiger partial charge in [-0.1, -0.05) is 48.5 Å². The van der Waals surface area contributed by atoms with Gasteiger partial charge in [-0.2, -0.15) is 4.98 Å². The van der Waals surface area contributed by atoms with E-state index in [0.29, 0.717) is 35.8 Å². The molecule has 0 radical (unpaired) electrons. The van der Waals surface area contributed by atoms with Gasteiger partial charge in [-0.05, 0) is 11.8 Å². The highest BCUT2D eigenvalue weighted by atomic mass is 16.5. The number of rotatable bonds is 6. The number of nitrogens with two attached hydrogens (primary N) is 1. The fourth-order valence-corrected chi connectivity index (χ4v) is 1.58. The average Bonchev–Trinajstić information content (AvgIpc) is 2.34. The lowest BCUT2D eigenvalue weighted by atomic mass is 9.96. The normalized spacial score (nSPS) is 12.0. The molecule has 0 bridgehead atoms. The van der Waals surface area contributed by atoms with Crippen LogP contribution in [0.1, 0.15) is 54.3 Å². The van der Waals surface area contributed by atoms with Crippen molar-refractivity contribution in [3.8, 4) is 5.88 Å². The highest BCUT2D eigenvalue weighted by Gasteiger charge is 2.22. The summed E-state index contributed by atoms with van der Waals surface area (Å²) in [6.45, 7) is 16.1. The maximum Gasteiger partial charge on any atom is 0.242 e. The molecule has 3 N–H and O–H groups in total. The Kier molecular flexibility index (Phi) is 5.81. The van der Waals surface area contributed by atoms with E-state index in [1.54, 1.807) is 0 Å². The lowest BCUT2D eigenvalue weighted by Crippen LogP contribution is -2.21. The standard InChI is InChI=1S/C16H30N4O/c1-10(2)8-18-13-12(17)14(21-9-11(3)4)20-15(19-13)16(5,6)7/h10-11H,8-9,17H2,1-7H3,(H,18,19,20). The Labute approximate surface area is 128 Å². The molecule has 5 nitrogen and oxygen atoms in total. The molecule has 1 aromatic heterocycles. The van der Waals surface area contributed by atoms with E-state index in [-0.39, 0.29) is 5.41 Å². The van der Waals surface area contributed by atoms with Crippen molar-refractivity contribution >= 4 is 11.5 Å². The minimum absolute atomic E-state index is 0.155. The summed E-state index contributed by atoms with van der Waals surface area (Å²) in [6, 6.07) is 0. The first-order valence-electron chi connectivity index (χ1n) is 7.66. The smallest absolute Gasteiger partial charge is 0.242 e. The summed E-state index contributed by atoms with van der Waals surface area (Å²) in [5, 5.41) is 3.30. The monoisotopic (exact) mass is 294 g/mol. The predicted molar refractivity (Wildman–Crippen MR) is 88.8 cm³/mol. The number of anilines is 2. The van der Waals surface area contributed by atoms with Crippen LogP contribution in [-0.2, 0) is 5.41 Å². The first kappa shape index (κ1) is 17.5. The summed E-state index contributed by atoms with van der Waals surface area (Å²) in [4.78, 5) is 9.08. The van der Waals surface area contributed by atoms with E-state index >= 15 is 0 Å². The van der Waals surface area contributed by atoms with Gasteiger partial charge in [0.15, 0.2) is 5.82 Å². The van der Waals surface area contributed by atoms with Crippen LogP contribution in [-0.4, -0.2) is 23.1 Å². The minimum atomic E-state index is -0.155. The topological polar surface area (TPSA) is 73.1 Å². The number of nitrogen functional groups attached to an aromatic ring is 1. The second-order valence-electron chi connectivity index (χ2n) is 7.34. The molecule has 0 atom stereocenters. The molecule has 0 unspecified atom stereocenters. The first-order valence-corrected chi connectivity index (χ1v) is 7.66. The molecule has 1 aromatic rings. The Bertz CT molecular complexity index is 431. The van der Waals surface area contributed by atoms with Gasteiger partial charge >= 0.3 is 0 Å². The van der Waals surface area contributed by atoms with Crippen molar-refractivity contribution in [2.45, 2.75) is 53.9 Å². The van der Waals surface area contributed by atoms with Crippen LogP contribution in [0.5, 0.6) is 5.88 Å². The zero-order chi connectivity index (χ0) is 16.2. The van der Waals surface area contributed by atoms with Gasteiger partial charge in [-0.15, -0.1) is 0 Å². The quantitative estimate of drug-likeness (QED) is 0.840. The maximum atomic E-state index is 6.16. The number of nitrogens with one attached hydrogen (secondary N) is 1. The SMILES string of the molecule is CC(C)CNc1nc(C(C)(C)C)nc(OCC(C)C)c1N.